The zero-order valence-electron chi connectivity index (χ0n) is 9.07. The molecule has 0 saturated carbocycles. The lowest BCUT2D eigenvalue weighted by atomic mass is 10.2. The highest BCUT2D eigenvalue weighted by molar-refractivity contribution is 4.67. The summed E-state index contributed by atoms with van der Waals surface area (Å²) >= 11 is 0. The molecule has 0 aliphatic heterocycles. The van der Waals surface area contributed by atoms with Crippen molar-refractivity contribution in [2.45, 2.75) is 25.7 Å². The van der Waals surface area contributed by atoms with E-state index in [-0.39, 0.29) is 0 Å². The van der Waals surface area contributed by atoms with Crippen molar-refractivity contribution in [1.82, 2.24) is 0 Å². The Morgan fingerprint density at radius 2 is 2.07 bits per heavy atom. The van der Waals surface area contributed by atoms with Gasteiger partial charge in [0.15, 0.2) is 6.54 Å². The molecule has 0 aromatic rings. The van der Waals surface area contributed by atoms with Gasteiger partial charge in [0.25, 0.3) is 0 Å². The molecular weight excluding hydrogens is 180 g/mol. The summed E-state index contributed by atoms with van der Waals surface area (Å²) in [7, 11) is 4.12. The minimum absolute atomic E-state index is 0.558. The number of hydrogen-bond donors (Lipinski definition) is 0. The molecule has 0 atom stereocenters. The van der Waals surface area contributed by atoms with E-state index in [2.05, 4.69) is 25.1 Å². The van der Waals surface area contributed by atoms with Crippen LogP contribution in [0.25, 0.3) is 0 Å². The van der Waals surface area contributed by atoms with Crippen LogP contribution in [-0.2, 0) is 0 Å². The van der Waals surface area contributed by atoms with Crippen LogP contribution in [0.4, 0.5) is 0 Å². The van der Waals surface area contributed by atoms with Gasteiger partial charge in [-0.15, -0.1) is 6.42 Å². The third-order valence-corrected chi connectivity index (χ3v) is 2.17. The Labute approximate surface area is 86.2 Å². The fourth-order valence-corrected chi connectivity index (χ4v) is 1.28. The molecule has 0 spiro atoms. The molecule has 0 saturated heterocycles. The van der Waals surface area contributed by atoms with E-state index in [1.54, 1.807) is 0 Å². The number of nitrogens with zero attached hydrogens (tertiary/aromatic N) is 2. The zero-order valence-corrected chi connectivity index (χ0v) is 9.07. The summed E-state index contributed by atoms with van der Waals surface area (Å²) in [5.74, 6) is 0. The van der Waals surface area contributed by atoms with Gasteiger partial charge in [-0.05, 0) is 13.0 Å². The molecule has 1 N–H and O–H groups in total. The molecule has 0 unspecified atom stereocenters. The Morgan fingerprint density at radius 1 is 1.36 bits per heavy atom. The van der Waals surface area contributed by atoms with Crippen molar-refractivity contribution in [2.75, 3.05) is 27.2 Å². The Hall–Kier alpha value is -0.630. The molecule has 0 fully saturated rings. The van der Waals surface area contributed by atoms with E-state index < -0.39 is 0 Å². The molecule has 0 heterocycles. The molecule has 14 heavy (non-hydrogen) atoms. The molecule has 82 valence electrons. The Morgan fingerprint density at radius 3 is 2.64 bits per heavy atom. The highest BCUT2D eigenvalue weighted by atomic mass is 17.1. The maximum Gasteiger partial charge on any atom is 0.166 e. The van der Waals surface area contributed by atoms with Gasteiger partial charge in [-0.25, -0.2) is 0 Å². The summed E-state index contributed by atoms with van der Waals surface area (Å²) in [5.41, 5.74) is 0. The summed E-state index contributed by atoms with van der Waals surface area (Å²) in [6, 6.07) is 2.18. The number of nitriles is 1. The van der Waals surface area contributed by atoms with Gasteiger partial charge in [-0.3, -0.25) is 0 Å². The second kappa shape index (κ2) is 7.74. The normalized spacial score (nSPS) is 11.3. The lowest BCUT2D eigenvalue weighted by Crippen LogP contribution is -2.40. The first-order valence-electron chi connectivity index (χ1n) is 4.95. The molecule has 0 radical (unpaired) electrons. The van der Waals surface area contributed by atoms with Gasteiger partial charge < -0.3 is 14.6 Å². The highest BCUT2D eigenvalue weighted by Gasteiger charge is 2.12. The average molecular weight is 200 g/mol. The first-order chi connectivity index (χ1) is 6.62. The van der Waals surface area contributed by atoms with E-state index in [0.29, 0.717) is 6.54 Å². The molecular formula is C10H20N2O2. The molecule has 0 rings (SSSR count). The molecule has 0 aliphatic rings. The third-order valence-electron chi connectivity index (χ3n) is 2.17. The van der Waals surface area contributed by atoms with E-state index in [0.717, 1.165) is 36.7 Å². The third kappa shape index (κ3) is 7.99. The smallest absolute Gasteiger partial charge is 0.166 e. The van der Waals surface area contributed by atoms with Crippen LogP contribution in [0.3, 0.4) is 0 Å². The first kappa shape index (κ1) is 13.4. The van der Waals surface area contributed by atoms with Gasteiger partial charge in [-0.2, -0.15) is 5.26 Å². The number of aliphatic hydroxyl groups is 1. The minimum atomic E-state index is 0.558. The predicted molar refractivity (Wildman–Crippen MR) is 52.9 cm³/mol. The number of unbranched alkanes of at least 4 members (excludes halogenated alkanes) is 3. The maximum absolute atomic E-state index is 9.74. The van der Waals surface area contributed by atoms with E-state index in [9.17, 15) is 5.26 Å². The van der Waals surface area contributed by atoms with Gasteiger partial charge in [0.2, 0.25) is 0 Å². The molecule has 0 aromatic heterocycles. The summed E-state index contributed by atoms with van der Waals surface area (Å²) in [6.07, 6.45) is 3.98. The predicted octanol–water partition coefficient (Wildman–Crippen LogP) is 0.678. The molecule has 4 heteroatoms. The van der Waals surface area contributed by atoms with Crippen LogP contribution < -0.4 is 5.26 Å². The van der Waals surface area contributed by atoms with Crippen molar-refractivity contribution in [1.29, 1.82) is 5.26 Å². The minimum Gasteiger partial charge on any atom is -0.588 e. The Balaban J connectivity index is 3.31. The van der Waals surface area contributed by atoms with E-state index in [1.807, 2.05) is 0 Å². The summed E-state index contributed by atoms with van der Waals surface area (Å²) in [5, 5.41) is 18.3. The summed E-state index contributed by atoms with van der Waals surface area (Å²) in [4.78, 5) is 2.69. The van der Waals surface area contributed by atoms with Gasteiger partial charge in [0.1, 0.15) is 6.07 Å². The molecule has 0 aromatic carbocycles. The standard InChI is InChI=1S/C10H20N2O2/c1-12(2,9-7-11)8-5-3-4-6-10-14-13/h10,14H,3-6,8-9H2,1-2H3. The quantitative estimate of drug-likeness (QED) is 0.110. The van der Waals surface area contributed by atoms with Crippen molar-refractivity contribution >= 4 is 0 Å². The monoisotopic (exact) mass is 200 g/mol. The van der Waals surface area contributed by atoms with Crippen LogP contribution in [0, 0.1) is 17.9 Å². The fourth-order valence-electron chi connectivity index (χ4n) is 1.28. The van der Waals surface area contributed by atoms with Crippen LogP contribution in [0.1, 0.15) is 25.7 Å². The number of rotatable bonds is 8. The maximum atomic E-state index is 9.74. The topological polar surface area (TPSA) is 59.7 Å². The van der Waals surface area contributed by atoms with Gasteiger partial charge >= 0.3 is 0 Å². The van der Waals surface area contributed by atoms with Crippen LogP contribution in [0.15, 0.2) is 0 Å². The zero-order chi connectivity index (χ0) is 10.9. The molecule has 0 bridgehead atoms. The van der Waals surface area contributed by atoms with Crippen molar-refractivity contribution in [3.05, 3.63) is 6.61 Å². The second-order valence-corrected chi connectivity index (χ2v) is 4.11. The van der Waals surface area contributed by atoms with Crippen molar-refractivity contribution in [3.8, 4) is 6.07 Å². The molecule has 0 amide bonds. The van der Waals surface area contributed by atoms with E-state index in [4.69, 9.17) is 5.26 Å². The van der Waals surface area contributed by atoms with Crippen molar-refractivity contribution < 1.29 is 14.6 Å². The van der Waals surface area contributed by atoms with E-state index in [1.165, 1.54) is 6.61 Å². The molecule has 4 nitrogen and oxygen atoms in total. The second-order valence-electron chi connectivity index (χ2n) is 4.11. The lowest BCUT2D eigenvalue weighted by molar-refractivity contribution is -0.883. The van der Waals surface area contributed by atoms with Gasteiger partial charge in [0, 0.05) is 0 Å². The average Bonchev–Trinajstić information content (AvgIpc) is 2.11. The van der Waals surface area contributed by atoms with Gasteiger partial charge in [0.05, 0.1) is 20.6 Å². The van der Waals surface area contributed by atoms with Crippen molar-refractivity contribution in [3.63, 3.8) is 0 Å². The highest BCUT2D eigenvalue weighted by Crippen LogP contribution is 2.05. The SMILES string of the molecule is C[N+](C)(CC#N)CCCCC[CH-][OH+][O-]. The van der Waals surface area contributed by atoms with Crippen LogP contribution >= 0.6 is 0 Å². The van der Waals surface area contributed by atoms with Crippen molar-refractivity contribution in [2.24, 2.45) is 0 Å². The largest absolute Gasteiger partial charge is 0.588 e. The lowest BCUT2D eigenvalue weighted by Gasteiger charge is -2.26. The first-order valence-corrected chi connectivity index (χ1v) is 4.95. The van der Waals surface area contributed by atoms with Crippen LogP contribution in [-0.4, -0.2) is 36.6 Å². The number of hydrogen-bond acceptors (Lipinski definition) is 2. The molecule has 0 aliphatic carbocycles. The summed E-state index contributed by atoms with van der Waals surface area (Å²) < 4.78 is 0.756. The fraction of sp³-hybridized carbons (Fsp3) is 0.800. The van der Waals surface area contributed by atoms with Gasteiger partial charge in [-0.1, -0.05) is 12.8 Å². The van der Waals surface area contributed by atoms with Crippen LogP contribution in [0.5, 0.6) is 0 Å². The Kier molecular flexibility index (Phi) is 7.40. The number of quaternary nitrogens is 1. The Bertz CT molecular complexity index is 175. The van der Waals surface area contributed by atoms with E-state index >= 15 is 0 Å². The summed E-state index contributed by atoms with van der Waals surface area (Å²) in [6.45, 7) is 2.99. The van der Waals surface area contributed by atoms with Crippen LogP contribution in [0.2, 0.25) is 0 Å².